The number of benzene rings is 1. The van der Waals surface area contributed by atoms with Gasteiger partial charge in [0.2, 0.25) is 5.91 Å². The summed E-state index contributed by atoms with van der Waals surface area (Å²) in [7, 11) is 0. The van der Waals surface area contributed by atoms with Crippen LogP contribution in [-0.2, 0) is 39.5 Å². The lowest BCUT2D eigenvalue weighted by Gasteiger charge is -2.31. The number of ether oxygens (including phenoxy) is 1. The van der Waals surface area contributed by atoms with E-state index in [1.165, 1.54) is 16.7 Å². The molecule has 2 aromatic heterocycles. The fourth-order valence-corrected chi connectivity index (χ4v) is 6.24. The van der Waals surface area contributed by atoms with Crippen LogP contribution in [0.3, 0.4) is 0 Å². The van der Waals surface area contributed by atoms with E-state index in [0.29, 0.717) is 40.9 Å². The van der Waals surface area contributed by atoms with Gasteiger partial charge in [-0.2, -0.15) is 0 Å². The van der Waals surface area contributed by atoms with Crippen LogP contribution in [0.15, 0.2) is 29.6 Å². The number of aryl methyl sites for hydroxylation is 1. The number of carbonyl (C=O) groups excluding carboxylic acids is 2. The average Bonchev–Trinajstić information content (AvgIpc) is 3.29. The average molecular weight is 534 g/mol. The third kappa shape index (κ3) is 3.44. The van der Waals surface area contributed by atoms with E-state index >= 15 is 0 Å². The van der Waals surface area contributed by atoms with Crippen molar-refractivity contribution in [1.82, 2.24) is 14.9 Å². The minimum absolute atomic E-state index is 0.0161. The number of aliphatic hydroxyl groups is 2. The molecular formula is C29H28FN3O6. The molecule has 6 rings (SSSR count). The number of carbonyl (C=O) groups is 2. The standard InChI is InChI=1S/C29H28FN3O6/c1-4-14(11-34)26(35)32-20-7-6-15-13(3)19(30)9-21-23(15)24(20)16-10-33-22(25(16)31-21)8-18-17(27(33)36)12-39-28(37)29(18,38)5-2/h4,8-9,14,20,34,38H,1,5-7,10-12H2,2-3H3,(H,32,35)/t14-,20-,29-/m0/s1. The fraction of sp³-hybridized carbons (Fsp3) is 0.379. The summed E-state index contributed by atoms with van der Waals surface area (Å²) < 4.78 is 21.7. The van der Waals surface area contributed by atoms with Crippen molar-refractivity contribution < 1.29 is 28.9 Å². The molecule has 0 fully saturated rings. The van der Waals surface area contributed by atoms with Gasteiger partial charge in [0.1, 0.15) is 12.4 Å². The zero-order chi connectivity index (χ0) is 27.8. The second kappa shape index (κ2) is 8.82. The Hall–Kier alpha value is -3.89. The first kappa shape index (κ1) is 25.4. The number of amides is 1. The van der Waals surface area contributed by atoms with E-state index in [0.717, 1.165) is 16.5 Å². The number of halogens is 1. The Morgan fingerprint density at radius 1 is 1.36 bits per heavy atom. The molecule has 4 heterocycles. The molecule has 10 heteroatoms. The van der Waals surface area contributed by atoms with Crippen molar-refractivity contribution in [2.45, 2.75) is 57.9 Å². The highest BCUT2D eigenvalue weighted by atomic mass is 19.1. The number of hydrogen-bond donors (Lipinski definition) is 3. The first-order valence-electron chi connectivity index (χ1n) is 13.0. The predicted octanol–water partition coefficient (Wildman–Crippen LogP) is 2.43. The van der Waals surface area contributed by atoms with Crippen LogP contribution >= 0.6 is 0 Å². The van der Waals surface area contributed by atoms with Gasteiger partial charge in [-0.3, -0.25) is 9.59 Å². The van der Waals surface area contributed by atoms with E-state index in [1.54, 1.807) is 19.9 Å². The van der Waals surface area contributed by atoms with Crippen molar-refractivity contribution in [2.75, 3.05) is 6.61 Å². The van der Waals surface area contributed by atoms with E-state index in [2.05, 4.69) is 11.9 Å². The Kier molecular flexibility index (Phi) is 5.74. The van der Waals surface area contributed by atoms with Crippen LogP contribution in [0.5, 0.6) is 0 Å². The zero-order valence-electron chi connectivity index (χ0n) is 21.6. The summed E-state index contributed by atoms with van der Waals surface area (Å²) in [6, 6.07) is 2.50. The van der Waals surface area contributed by atoms with E-state index in [1.807, 2.05) is 0 Å². The van der Waals surface area contributed by atoms with E-state index < -0.39 is 34.9 Å². The summed E-state index contributed by atoms with van der Waals surface area (Å²) in [6.07, 6.45) is 2.41. The number of pyridine rings is 2. The lowest BCUT2D eigenvalue weighted by Crippen LogP contribution is -2.44. The van der Waals surface area contributed by atoms with E-state index in [-0.39, 0.29) is 43.2 Å². The molecule has 0 unspecified atom stereocenters. The third-order valence-corrected chi connectivity index (χ3v) is 8.51. The molecule has 2 aliphatic heterocycles. The highest BCUT2D eigenvalue weighted by Gasteiger charge is 2.46. The van der Waals surface area contributed by atoms with Crippen molar-refractivity contribution in [2.24, 2.45) is 5.92 Å². The molecule has 0 spiro atoms. The molecule has 1 aliphatic carbocycles. The number of nitrogens with zero attached hydrogens (tertiary/aromatic N) is 2. The lowest BCUT2D eigenvalue weighted by atomic mass is 9.81. The van der Waals surface area contributed by atoms with Gasteiger partial charge in [-0.1, -0.05) is 13.0 Å². The summed E-state index contributed by atoms with van der Waals surface area (Å²) in [5.74, 6) is -2.38. The molecule has 0 saturated heterocycles. The van der Waals surface area contributed by atoms with Gasteiger partial charge in [-0.25, -0.2) is 14.2 Å². The topological polar surface area (TPSA) is 131 Å². The summed E-state index contributed by atoms with van der Waals surface area (Å²) in [5, 5.41) is 24.6. The molecule has 202 valence electrons. The van der Waals surface area contributed by atoms with Crippen LogP contribution in [0.25, 0.3) is 22.3 Å². The summed E-state index contributed by atoms with van der Waals surface area (Å²) >= 11 is 0. The Labute approximate surface area is 222 Å². The highest BCUT2D eigenvalue weighted by Crippen LogP contribution is 2.46. The molecule has 3 aliphatic rings. The number of esters is 1. The molecule has 1 amide bonds. The molecule has 39 heavy (non-hydrogen) atoms. The largest absolute Gasteiger partial charge is 0.458 e. The molecule has 0 saturated carbocycles. The third-order valence-electron chi connectivity index (χ3n) is 8.51. The van der Waals surface area contributed by atoms with Crippen molar-refractivity contribution in [3.63, 3.8) is 0 Å². The van der Waals surface area contributed by atoms with Gasteiger partial charge < -0.3 is 24.8 Å². The van der Waals surface area contributed by atoms with Gasteiger partial charge in [-0.15, -0.1) is 6.58 Å². The molecule has 0 bridgehead atoms. The number of nitrogens with one attached hydrogen (secondary N) is 1. The predicted molar refractivity (Wildman–Crippen MR) is 139 cm³/mol. The Bertz CT molecular complexity index is 1680. The smallest absolute Gasteiger partial charge is 0.343 e. The summed E-state index contributed by atoms with van der Waals surface area (Å²) in [5.41, 5.74) is 2.07. The molecule has 3 atom stereocenters. The minimum atomic E-state index is -1.97. The van der Waals surface area contributed by atoms with Crippen molar-refractivity contribution in [3.05, 3.63) is 74.3 Å². The number of fused-ring (bicyclic) bond motifs is 5. The van der Waals surface area contributed by atoms with Gasteiger partial charge in [0.25, 0.3) is 5.56 Å². The first-order chi connectivity index (χ1) is 18.6. The maximum atomic E-state index is 15.0. The minimum Gasteiger partial charge on any atom is -0.458 e. The van der Waals surface area contributed by atoms with Gasteiger partial charge in [0.15, 0.2) is 5.60 Å². The second-order valence-electron chi connectivity index (χ2n) is 10.4. The van der Waals surface area contributed by atoms with Crippen LogP contribution in [0.2, 0.25) is 0 Å². The van der Waals surface area contributed by atoms with E-state index in [9.17, 15) is 29.0 Å². The van der Waals surface area contributed by atoms with Gasteiger partial charge >= 0.3 is 5.97 Å². The Morgan fingerprint density at radius 3 is 2.82 bits per heavy atom. The van der Waals surface area contributed by atoms with E-state index in [4.69, 9.17) is 9.72 Å². The number of aliphatic hydroxyl groups excluding tert-OH is 1. The molecule has 3 N–H and O–H groups in total. The maximum Gasteiger partial charge on any atom is 0.343 e. The van der Waals surface area contributed by atoms with Gasteiger partial charge in [-0.05, 0) is 48.9 Å². The van der Waals surface area contributed by atoms with Crippen molar-refractivity contribution in [1.29, 1.82) is 0 Å². The number of cyclic esters (lactones) is 1. The SMILES string of the molecule is C=C[C@@H](CO)C(=O)N[C@H]1CCc2c(C)c(F)cc3nc4c(c1c23)Cn1c-4cc2c(c1=O)COC(=O)[C@]2(O)CC. The summed E-state index contributed by atoms with van der Waals surface area (Å²) in [6.45, 7) is 6.50. The Balaban J connectivity index is 1.61. The normalized spacial score (nSPS) is 21.6. The molecule has 9 nitrogen and oxygen atoms in total. The number of aromatic nitrogens is 2. The molecule has 1 aromatic carbocycles. The first-order valence-corrected chi connectivity index (χ1v) is 13.0. The van der Waals surface area contributed by atoms with Gasteiger partial charge in [0, 0.05) is 22.6 Å². The van der Waals surface area contributed by atoms with Crippen LogP contribution in [-0.4, -0.2) is 38.2 Å². The summed E-state index contributed by atoms with van der Waals surface area (Å²) in [4.78, 5) is 43.9. The zero-order valence-corrected chi connectivity index (χ0v) is 21.6. The monoisotopic (exact) mass is 533 g/mol. The highest BCUT2D eigenvalue weighted by molar-refractivity contribution is 5.94. The number of hydrogen-bond acceptors (Lipinski definition) is 7. The molecular weight excluding hydrogens is 505 g/mol. The van der Waals surface area contributed by atoms with Crippen LogP contribution in [0.1, 0.15) is 59.2 Å². The van der Waals surface area contributed by atoms with Crippen LogP contribution < -0.4 is 10.9 Å². The number of rotatable bonds is 5. The fourth-order valence-electron chi connectivity index (χ4n) is 6.24. The van der Waals surface area contributed by atoms with Crippen molar-refractivity contribution >= 4 is 22.8 Å². The lowest BCUT2D eigenvalue weighted by molar-refractivity contribution is -0.172. The van der Waals surface area contributed by atoms with Crippen LogP contribution in [0.4, 0.5) is 4.39 Å². The van der Waals surface area contributed by atoms with Crippen molar-refractivity contribution in [3.8, 4) is 11.4 Å². The quantitative estimate of drug-likeness (QED) is 0.265. The Morgan fingerprint density at radius 2 is 2.13 bits per heavy atom. The molecule has 3 aromatic rings. The maximum absolute atomic E-state index is 15.0. The second-order valence-corrected chi connectivity index (χ2v) is 10.4. The van der Waals surface area contributed by atoms with Crippen LogP contribution in [0, 0.1) is 18.7 Å². The molecule has 0 radical (unpaired) electrons. The van der Waals surface area contributed by atoms with Gasteiger partial charge in [0.05, 0.1) is 47.6 Å².